The van der Waals surface area contributed by atoms with Crippen LogP contribution in [0.15, 0.2) is 65.1 Å². The Labute approximate surface area is 175 Å². The molecule has 0 radical (unpaired) electrons. The van der Waals surface area contributed by atoms with E-state index in [4.69, 9.17) is 18.7 Å². The Morgan fingerprint density at radius 3 is 2.50 bits per heavy atom. The predicted octanol–water partition coefficient (Wildman–Crippen LogP) is 4.41. The van der Waals surface area contributed by atoms with Gasteiger partial charge in [-0.15, -0.1) is 0 Å². The molecular weight excluding hydrogens is 384 g/mol. The lowest BCUT2D eigenvalue weighted by atomic mass is 9.84. The summed E-state index contributed by atoms with van der Waals surface area (Å²) in [5, 5.41) is 4.14. The maximum Gasteiger partial charge on any atom is 0.377 e. The van der Waals surface area contributed by atoms with Gasteiger partial charge in [-0.05, 0) is 38.0 Å². The minimum atomic E-state index is -0.645. The average Bonchev–Trinajstić information content (AvgIpc) is 3.26. The van der Waals surface area contributed by atoms with Crippen molar-refractivity contribution in [3.8, 4) is 17.1 Å². The van der Waals surface area contributed by atoms with Crippen LogP contribution in [0.5, 0.6) is 5.75 Å². The van der Waals surface area contributed by atoms with Crippen molar-refractivity contribution in [3.63, 3.8) is 0 Å². The van der Waals surface area contributed by atoms with Crippen LogP contribution in [-0.2, 0) is 19.7 Å². The van der Waals surface area contributed by atoms with Crippen LogP contribution in [-0.4, -0.2) is 30.3 Å². The molecule has 0 N–H and O–H groups in total. The van der Waals surface area contributed by atoms with Gasteiger partial charge in [0.15, 0.2) is 0 Å². The third kappa shape index (κ3) is 4.35. The lowest BCUT2D eigenvalue weighted by Crippen LogP contribution is -2.19. The van der Waals surface area contributed by atoms with Gasteiger partial charge < -0.3 is 18.7 Å². The topological polar surface area (TPSA) is 83.7 Å². The van der Waals surface area contributed by atoms with Crippen molar-refractivity contribution in [1.29, 1.82) is 0 Å². The zero-order valence-electron chi connectivity index (χ0n) is 17.6. The highest BCUT2D eigenvalue weighted by molar-refractivity contribution is 5.86. The second-order valence-electron chi connectivity index (χ2n) is 7.21. The van der Waals surface area contributed by atoms with Crippen LogP contribution in [0.4, 0.5) is 0 Å². The smallest absolute Gasteiger partial charge is 0.377 e. The molecule has 0 aliphatic rings. The Bertz CT molecular complexity index is 1050. The number of benzene rings is 2. The predicted molar refractivity (Wildman–Crippen MR) is 111 cm³/mol. The molecule has 3 aromatic rings. The Hall–Kier alpha value is -3.61. The number of aromatic nitrogens is 2. The normalized spacial score (nSPS) is 11.8. The monoisotopic (exact) mass is 408 g/mol. The van der Waals surface area contributed by atoms with Gasteiger partial charge in [-0.3, -0.25) is 0 Å². The average molecular weight is 408 g/mol. The fraction of sp³-hybridized carbons (Fsp3) is 0.261. The number of carbonyl (C=O) groups is 1. The first-order valence-electron chi connectivity index (χ1n) is 9.36. The summed E-state index contributed by atoms with van der Waals surface area (Å²) in [4.78, 5) is 16.5. The lowest BCUT2D eigenvalue weighted by molar-refractivity contribution is -0.138. The number of aryl methyl sites for hydroxylation is 1. The van der Waals surface area contributed by atoms with E-state index in [2.05, 4.69) is 10.1 Å². The molecular formula is C23H24N2O5. The maximum absolute atomic E-state index is 11.9. The van der Waals surface area contributed by atoms with E-state index in [0.717, 1.165) is 11.1 Å². The van der Waals surface area contributed by atoms with Gasteiger partial charge in [0, 0.05) is 5.56 Å². The van der Waals surface area contributed by atoms with E-state index in [1.54, 1.807) is 6.07 Å². The minimum Gasteiger partial charge on any atom is -0.500 e. The van der Waals surface area contributed by atoms with Gasteiger partial charge in [0.25, 0.3) is 0 Å². The molecule has 0 saturated carbocycles. The number of esters is 1. The molecule has 0 fully saturated rings. The van der Waals surface area contributed by atoms with Gasteiger partial charge in [0.2, 0.25) is 17.5 Å². The number of nitrogens with zero attached hydrogens (tertiary/aromatic N) is 2. The van der Waals surface area contributed by atoms with E-state index < -0.39 is 11.4 Å². The molecule has 0 bridgehead atoms. The number of hydrogen-bond acceptors (Lipinski definition) is 7. The molecule has 7 nitrogen and oxygen atoms in total. The highest BCUT2D eigenvalue weighted by Crippen LogP contribution is 2.32. The highest BCUT2D eigenvalue weighted by atomic mass is 16.6. The van der Waals surface area contributed by atoms with Crippen molar-refractivity contribution in [2.45, 2.75) is 26.2 Å². The first-order chi connectivity index (χ1) is 14.4. The maximum atomic E-state index is 11.9. The number of hydrogen-bond donors (Lipinski definition) is 0. The molecule has 2 aromatic carbocycles. The highest BCUT2D eigenvalue weighted by Gasteiger charge is 2.30. The molecule has 0 saturated heterocycles. The number of methoxy groups -OCH3 is 2. The lowest BCUT2D eigenvalue weighted by Gasteiger charge is -2.20. The first-order valence-corrected chi connectivity index (χ1v) is 9.36. The molecule has 156 valence electrons. The fourth-order valence-electron chi connectivity index (χ4n) is 2.86. The van der Waals surface area contributed by atoms with Crippen molar-refractivity contribution in [2.75, 3.05) is 14.2 Å². The van der Waals surface area contributed by atoms with Crippen molar-refractivity contribution in [3.05, 3.63) is 77.6 Å². The SMILES string of the molecule is CO/C=C(\Oc1cc(-c2noc(C(C)(C)c3ccccc3)n2)ccc1C)C(=O)OC. The Morgan fingerprint density at radius 2 is 1.83 bits per heavy atom. The number of rotatable bonds is 7. The third-order valence-electron chi connectivity index (χ3n) is 4.73. The van der Waals surface area contributed by atoms with Gasteiger partial charge in [0.1, 0.15) is 12.0 Å². The van der Waals surface area contributed by atoms with Crippen molar-refractivity contribution in [1.82, 2.24) is 10.1 Å². The Kier molecular flexibility index (Phi) is 6.20. The standard InChI is InChI=1S/C23H24N2O5/c1-15-11-12-16(13-18(15)29-19(14-27-4)21(26)28-5)20-24-22(30-25-20)23(2,3)17-9-7-6-8-10-17/h6-14H,1-5H3/b19-14-. The van der Waals surface area contributed by atoms with E-state index in [0.29, 0.717) is 23.0 Å². The number of ether oxygens (including phenoxy) is 3. The van der Waals surface area contributed by atoms with Crippen LogP contribution < -0.4 is 4.74 Å². The van der Waals surface area contributed by atoms with Crippen LogP contribution in [0.1, 0.15) is 30.9 Å². The Balaban J connectivity index is 1.92. The van der Waals surface area contributed by atoms with Crippen molar-refractivity contribution >= 4 is 5.97 Å². The fourth-order valence-corrected chi connectivity index (χ4v) is 2.86. The summed E-state index contributed by atoms with van der Waals surface area (Å²) < 4.78 is 20.9. The van der Waals surface area contributed by atoms with Gasteiger partial charge in [-0.2, -0.15) is 4.98 Å². The molecule has 0 atom stereocenters. The van der Waals surface area contributed by atoms with Gasteiger partial charge in [0.05, 0.1) is 19.6 Å². The summed E-state index contributed by atoms with van der Waals surface area (Å²) in [5.74, 6) is 0.665. The minimum absolute atomic E-state index is 0.0701. The zero-order valence-corrected chi connectivity index (χ0v) is 17.6. The molecule has 1 heterocycles. The Morgan fingerprint density at radius 1 is 1.10 bits per heavy atom. The largest absolute Gasteiger partial charge is 0.500 e. The van der Waals surface area contributed by atoms with Crippen LogP contribution in [0.25, 0.3) is 11.4 Å². The summed E-state index contributed by atoms with van der Waals surface area (Å²) in [7, 11) is 2.69. The molecule has 0 spiro atoms. The van der Waals surface area contributed by atoms with Gasteiger partial charge >= 0.3 is 5.97 Å². The number of carbonyl (C=O) groups excluding carboxylic acids is 1. The third-order valence-corrected chi connectivity index (χ3v) is 4.73. The van der Waals surface area contributed by atoms with Crippen molar-refractivity contribution in [2.24, 2.45) is 0 Å². The van der Waals surface area contributed by atoms with Gasteiger partial charge in [-0.1, -0.05) is 47.6 Å². The molecule has 0 aliphatic heterocycles. The van der Waals surface area contributed by atoms with Crippen LogP contribution in [0.2, 0.25) is 0 Å². The van der Waals surface area contributed by atoms with Gasteiger partial charge in [-0.25, -0.2) is 4.79 Å². The molecule has 3 rings (SSSR count). The second-order valence-corrected chi connectivity index (χ2v) is 7.21. The first kappa shape index (κ1) is 21.1. The second kappa shape index (κ2) is 8.82. The van der Waals surface area contributed by atoms with Crippen LogP contribution in [0, 0.1) is 6.92 Å². The van der Waals surface area contributed by atoms with E-state index in [-0.39, 0.29) is 5.76 Å². The van der Waals surface area contributed by atoms with Crippen LogP contribution in [0.3, 0.4) is 0 Å². The summed E-state index contributed by atoms with van der Waals surface area (Å²) >= 11 is 0. The van der Waals surface area contributed by atoms with Crippen LogP contribution >= 0.6 is 0 Å². The summed E-state index contributed by atoms with van der Waals surface area (Å²) in [5.41, 5.74) is 2.13. The summed E-state index contributed by atoms with van der Waals surface area (Å²) in [6, 6.07) is 15.4. The van der Waals surface area contributed by atoms with E-state index in [9.17, 15) is 4.79 Å². The zero-order chi connectivity index (χ0) is 21.7. The molecule has 0 unspecified atom stereocenters. The molecule has 1 aromatic heterocycles. The van der Waals surface area contributed by atoms with Crippen molar-refractivity contribution < 1.29 is 23.5 Å². The molecule has 0 amide bonds. The molecule has 0 aliphatic carbocycles. The quantitative estimate of drug-likeness (QED) is 0.325. The van der Waals surface area contributed by atoms with E-state index >= 15 is 0 Å². The van der Waals surface area contributed by atoms with E-state index in [1.807, 2.05) is 63.2 Å². The summed E-state index contributed by atoms with van der Waals surface area (Å²) in [6.07, 6.45) is 1.19. The molecule has 7 heteroatoms. The molecule has 30 heavy (non-hydrogen) atoms. The van der Waals surface area contributed by atoms with E-state index in [1.165, 1.54) is 20.5 Å². The summed E-state index contributed by atoms with van der Waals surface area (Å²) in [6.45, 7) is 5.92.